The molecule has 1 aliphatic rings. The fraction of sp³-hybridized carbons (Fsp3) is 0.333. The standard InChI is InChI=1S/C18H21NS/c1-3-7-15(8-4-1)18(16-9-5-2-6-10-16)20-17-11-13-19-14-12-17/h1-10,17-19H,11-14H2. The Bertz CT molecular complexity index is 466. The van der Waals surface area contributed by atoms with Gasteiger partial charge in [0.05, 0.1) is 5.25 Å². The summed E-state index contributed by atoms with van der Waals surface area (Å²) in [6.07, 6.45) is 2.56. The molecule has 20 heavy (non-hydrogen) atoms. The highest BCUT2D eigenvalue weighted by molar-refractivity contribution is 8.00. The van der Waals surface area contributed by atoms with Gasteiger partial charge in [-0.15, -0.1) is 11.8 Å². The van der Waals surface area contributed by atoms with Crippen LogP contribution in [-0.4, -0.2) is 18.3 Å². The van der Waals surface area contributed by atoms with Crippen LogP contribution in [0.2, 0.25) is 0 Å². The highest BCUT2D eigenvalue weighted by atomic mass is 32.2. The summed E-state index contributed by atoms with van der Waals surface area (Å²) < 4.78 is 0. The molecule has 2 aromatic carbocycles. The van der Waals surface area contributed by atoms with E-state index < -0.39 is 0 Å². The Morgan fingerprint density at radius 2 is 1.30 bits per heavy atom. The molecule has 0 bridgehead atoms. The van der Waals surface area contributed by atoms with Crippen molar-refractivity contribution in [3.63, 3.8) is 0 Å². The van der Waals surface area contributed by atoms with Gasteiger partial charge in [0, 0.05) is 5.25 Å². The average Bonchev–Trinajstić information content (AvgIpc) is 2.55. The topological polar surface area (TPSA) is 12.0 Å². The van der Waals surface area contributed by atoms with Gasteiger partial charge in [0.2, 0.25) is 0 Å². The molecule has 1 N–H and O–H groups in total. The second-order valence-corrected chi connectivity index (χ2v) is 6.70. The van der Waals surface area contributed by atoms with Crippen LogP contribution in [-0.2, 0) is 0 Å². The van der Waals surface area contributed by atoms with Crippen molar-refractivity contribution < 1.29 is 0 Å². The maximum atomic E-state index is 3.45. The average molecular weight is 283 g/mol. The first-order valence-corrected chi connectivity index (χ1v) is 8.34. The van der Waals surface area contributed by atoms with Gasteiger partial charge in [-0.1, -0.05) is 60.7 Å². The second kappa shape index (κ2) is 6.96. The van der Waals surface area contributed by atoms with Crippen LogP contribution in [0, 0.1) is 0 Å². The van der Waals surface area contributed by atoms with Gasteiger partial charge in [-0.25, -0.2) is 0 Å². The number of thioether (sulfide) groups is 1. The molecule has 0 saturated carbocycles. The molecule has 0 aromatic heterocycles. The smallest absolute Gasteiger partial charge is 0.0549 e. The lowest BCUT2D eigenvalue weighted by Gasteiger charge is -2.27. The Kier molecular flexibility index (Phi) is 4.77. The number of hydrogen-bond donors (Lipinski definition) is 1. The molecule has 1 saturated heterocycles. The third-order valence-corrected chi connectivity index (χ3v) is 5.49. The van der Waals surface area contributed by atoms with Crippen LogP contribution < -0.4 is 5.32 Å². The summed E-state index contributed by atoms with van der Waals surface area (Å²) in [7, 11) is 0. The van der Waals surface area contributed by atoms with E-state index in [4.69, 9.17) is 0 Å². The lowest BCUT2D eigenvalue weighted by atomic mass is 10.0. The van der Waals surface area contributed by atoms with Gasteiger partial charge >= 0.3 is 0 Å². The number of piperidine rings is 1. The van der Waals surface area contributed by atoms with Crippen molar-refractivity contribution in [3.8, 4) is 0 Å². The summed E-state index contributed by atoms with van der Waals surface area (Å²) in [4.78, 5) is 0. The van der Waals surface area contributed by atoms with E-state index in [1.54, 1.807) is 0 Å². The van der Waals surface area contributed by atoms with E-state index in [2.05, 4.69) is 77.7 Å². The predicted octanol–water partition coefficient (Wildman–Crippen LogP) is 4.26. The fourth-order valence-electron chi connectivity index (χ4n) is 2.73. The van der Waals surface area contributed by atoms with Crippen molar-refractivity contribution in [2.75, 3.05) is 13.1 Å². The molecular formula is C18H21NS. The van der Waals surface area contributed by atoms with Crippen LogP contribution in [0.1, 0.15) is 29.2 Å². The van der Waals surface area contributed by atoms with E-state index in [1.165, 1.54) is 24.0 Å². The third kappa shape index (κ3) is 3.44. The lowest BCUT2D eigenvalue weighted by molar-refractivity contribution is 0.531. The zero-order valence-corrected chi connectivity index (χ0v) is 12.5. The molecule has 1 heterocycles. The molecule has 1 nitrogen and oxygen atoms in total. The normalized spacial score (nSPS) is 16.4. The number of rotatable bonds is 4. The molecule has 1 fully saturated rings. The van der Waals surface area contributed by atoms with Crippen molar-refractivity contribution in [3.05, 3.63) is 71.8 Å². The van der Waals surface area contributed by atoms with Crippen molar-refractivity contribution in [1.29, 1.82) is 0 Å². The summed E-state index contributed by atoms with van der Waals surface area (Å²) in [6, 6.07) is 21.8. The molecule has 3 rings (SSSR count). The second-order valence-electron chi connectivity index (χ2n) is 5.29. The minimum atomic E-state index is 0.459. The zero-order chi connectivity index (χ0) is 13.6. The van der Waals surface area contributed by atoms with Crippen molar-refractivity contribution in [2.45, 2.75) is 23.3 Å². The van der Waals surface area contributed by atoms with Gasteiger partial charge in [-0.05, 0) is 37.1 Å². The van der Waals surface area contributed by atoms with E-state index in [-0.39, 0.29) is 0 Å². The van der Waals surface area contributed by atoms with Gasteiger partial charge in [-0.3, -0.25) is 0 Å². The monoisotopic (exact) mass is 283 g/mol. The molecule has 104 valence electrons. The quantitative estimate of drug-likeness (QED) is 0.899. The van der Waals surface area contributed by atoms with Crippen LogP contribution in [0.25, 0.3) is 0 Å². The van der Waals surface area contributed by atoms with Gasteiger partial charge in [0.15, 0.2) is 0 Å². The maximum Gasteiger partial charge on any atom is 0.0549 e. The highest BCUT2D eigenvalue weighted by Gasteiger charge is 2.21. The predicted molar refractivity (Wildman–Crippen MR) is 88.2 cm³/mol. The first-order chi connectivity index (χ1) is 9.93. The molecule has 0 amide bonds. The van der Waals surface area contributed by atoms with E-state index in [1.807, 2.05) is 0 Å². The van der Waals surface area contributed by atoms with E-state index in [0.717, 1.165) is 18.3 Å². The Labute approximate surface area is 125 Å². The molecule has 0 aliphatic carbocycles. The molecule has 2 heteroatoms. The van der Waals surface area contributed by atoms with Crippen LogP contribution in [0.4, 0.5) is 0 Å². The van der Waals surface area contributed by atoms with Crippen molar-refractivity contribution >= 4 is 11.8 Å². The summed E-state index contributed by atoms with van der Waals surface area (Å²) in [6.45, 7) is 2.32. The Morgan fingerprint density at radius 3 is 1.80 bits per heavy atom. The molecule has 0 unspecified atom stereocenters. The lowest BCUT2D eigenvalue weighted by Crippen LogP contribution is -2.29. The van der Waals surface area contributed by atoms with Crippen LogP contribution >= 0.6 is 11.8 Å². The van der Waals surface area contributed by atoms with Gasteiger partial charge in [0.25, 0.3) is 0 Å². The molecule has 0 atom stereocenters. The molecule has 0 spiro atoms. The minimum absolute atomic E-state index is 0.459. The van der Waals surface area contributed by atoms with Crippen LogP contribution in [0.15, 0.2) is 60.7 Å². The maximum absolute atomic E-state index is 3.45. The number of hydrogen-bond acceptors (Lipinski definition) is 2. The molecule has 0 radical (unpaired) electrons. The number of nitrogens with one attached hydrogen (secondary N) is 1. The summed E-state index contributed by atoms with van der Waals surface area (Å²) in [5.41, 5.74) is 2.84. The van der Waals surface area contributed by atoms with Crippen LogP contribution in [0.5, 0.6) is 0 Å². The Hall–Kier alpha value is -1.25. The SMILES string of the molecule is c1ccc(C(SC2CCNCC2)c2ccccc2)cc1. The summed E-state index contributed by atoms with van der Waals surface area (Å²) in [5.74, 6) is 0. The highest BCUT2D eigenvalue weighted by Crippen LogP contribution is 2.40. The van der Waals surface area contributed by atoms with Crippen molar-refractivity contribution in [2.24, 2.45) is 0 Å². The molecule has 2 aromatic rings. The molecule has 1 aliphatic heterocycles. The number of benzene rings is 2. The zero-order valence-electron chi connectivity index (χ0n) is 11.7. The van der Waals surface area contributed by atoms with Crippen molar-refractivity contribution in [1.82, 2.24) is 5.32 Å². The van der Waals surface area contributed by atoms with E-state index in [0.29, 0.717) is 5.25 Å². The fourth-order valence-corrected chi connectivity index (χ4v) is 4.25. The molecular weight excluding hydrogens is 262 g/mol. The van der Waals surface area contributed by atoms with Crippen LogP contribution in [0.3, 0.4) is 0 Å². The third-order valence-electron chi connectivity index (χ3n) is 3.82. The summed E-state index contributed by atoms with van der Waals surface area (Å²) >= 11 is 2.13. The Balaban J connectivity index is 1.83. The van der Waals surface area contributed by atoms with Gasteiger partial charge in [0.1, 0.15) is 0 Å². The van der Waals surface area contributed by atoms with Gasteiger partial charge < -0.3 is 5.32 Å². The minimum Gasteiger partial charge on any atom is -0.317 e. The van der Waals surface area contributed by atoms with E-state index >= 15 is 0 Å². The largest absolute Gasteiger partial charge is 0.317 e. The first-order valence-electron chi connectivity index (χ1n) is 7.39. The van der Waals surface area contributed by atoms with Gasteiger partial charge in [-0.2, -0.15) is 0 Å². The first kappa shape index (κ1) is 13.7. The summed E-state index contributed by atoms with van der Waals surface area (Å²) in [5, 5.41) is 4.68. The Morgan fingerprint density at radius 1 is 0.800 bits per heavy atom. The van der Waals surface area contributed by atoms with E-state index in [9.17, 15) is 0 Å².